The largest absolute Gasteiger partial charge is 0.466 e. The minimum atomic E-state index is -0.230. The number of ether oxygens (including phenoxy) is 1. The van der Waals surface area contributed by atoms with E-state index in [-0.39, 0.29) is 12.4 Å². The number of thiazole rings is 1. The second kappa shape index (κ2) is 6.33. The van der Waals surface area contributed by atoms with Crippen molar-refractivity contribution in [3.63, 3.8) is 0 Å². The molecule has 0 aliphatic rings. The molecular weight excluding hydrogens is 260 g/mol. The van der Waals surface area contributed by atoms with Crippen LogP contribution in [-0.2, 0) is 22.4 Å². The fourth-order valence-corrected chi connectivity index (χ4v) is 2.51. The van der Waals surface area contributed by atoms with Crippen LogP contribution in [0.1, 0.15) is 23.2 Å². The van der Waals surface area contributed by atoms with Crippen molar-refractivity contribution < 1.29 is 9.53 Å². The van der Waals surface area contributed by atoms with E-state index < -0.39 is 0 Å². The van der Waals surface area contributed by atoms with E-state index in [4.69, 9.17) is 10.5 Å². The Morgan fingerprint density at radius 1 is 1.37 bits per heavy atom. The first-order chi connectivity index (χ1) is 9.17. The monoisotopic (exact) mass is 276 g/mol. The molecule has 19 heavy (non-hydrogen) atoms. The Hall–Kier alpha value is -1.88. The zero-order chi connectivity index (χ0) is 13.7. The summed E-state index contributed by atoms with van der Waals surface area (Å²) >= 11 is 1.56. The van der Waals surface area contributed by atoms with E-state index in [2.05, 4.69) is 4.98 Å². The van der Waals surface area contributed by atoms with Gasteiger partial charge in [-0.05, 0) is 24.6 Å². The van der Waals surface area contributed by atoms with Gasteiger partial charge in [0, 0.05) is 17.5 Å². The SMILES string of the molecule is CCOC(=O)Cc1csc(Cc2ccc(N)cc2)n1. The van der Waals surface area contributed by atoms with Crippen LogP contribution in [0.5, 0.6) is 0 Å². The summed E-state index contributed by atoms with van der Waals surface area (Å²) in [7, 11) is 0. The lowest BCUT2D eigenvalue weighted by molar-refractivity contribution is -0.142. The predicted molar refractivity (Wildman–Crippen MR) is 76.1 cm³/mol. The fraction of sp³-hybridized carbons (Fsp3) is 0.286. The van der Waals surface area contributed by atoms with Crippen LogP contribution in [0, 0.1) is 0 Å². The van der Waals surface area contributed by atoms with E-state index in [1.54, 1.807) is 18.3 Å². The van der Waals surface area contributed by atoms with E-state index in [0.717, 1.165) is 28.4 Å². The number of carbonyl (C=O) groups is 1. The number of anilines is 1. The average Bonchev–Trinajstić information content (AvgIpc) is 2.80. The highest BCUT2D eigenvalue weighted by atomic mass is 32.1. The molecule has 0 amide bonds. The van der Waals surface area contributed by atoms with Gasteiger partial charge in [0.25, 0.3) is 0 Å². The molecular formula is C14H16N2O2S. The first kappa shape index (κ1) is 13.5. The molecule has 0 saturated heterocycles. The fourth-order valence-electron chi connectivity index (χ4n) is 1.68. The van der Waals surface area contributed by atoms with Crippen molar-refractivity contribution in [2.75, 3.05) is 12.3 Å². The van der Waals surface area contributed by atoms with Crippen LogP contribution in [0.15, 0.2) is 29.6 Å². The minimum Gasteiger partial charge on any atom is -0.466 e. The molecule has 0 fully saturated rings. The highest BCUT2D eigenvalue weighted by molar-refractivity contribution is 7.09. The summed E-state index contributed by atoms with van der Waals surface area (Å²) < 4.78 is 4.90. The van der Waals surface area contributed by atoms with E-state index in [0.29, 0.717) is 6.61 Å². The topological polar surface area (TPSA) is 65.2 Å². The molecule has 100 valence electrons. The summed E-state index contributed by atoms with van der Waals surface area (Å²) in [5.41, 5.74) is 8.33. The standard InChI is InChI=1S/C14H16N2O2S/c1-2-18-14(17)8-12-9-19-13(16-12)7-10-3-5-11(15)6-4-10/h3-6,9H,2,7-8,15H2,1H3. The number of carbonyl (C=O) groups excluding carboxylic acids is 1. The maximum atomic E-state index is 11.3. The van der Waals surface area contributed by atoms with Gasteiger partial charge in [0.2, 0.25) is 0 Å². The van der Waals surface area contributed by atoms with Gasteiger partial charge in [-0.15, -0.1) is 11.3 Å². The molecule has 0 bridgehead atoms. The average molecular weight is 276 g/mol. The first-order valence-electron chi connectivity index (χ1n) is 6.10. The maximum Gasteiger partial charge on any atom is 0.311 e. The van der Waals surface area contributed by atoms with Crippen molar-refractivity contribution in [3.8, 4) is 0 Å². The van der Waals surface area contributed by atoms with Crippen LogP contribution in [0.4, 0.5) is 5.69 Å². The number of nitrogens with zero attached hydrogens (tertiary/aromatic N) is 1. The van der Waals surface area contributed by atoms with Crippen LogP contribution in [0.2, 0.25) is 0 Å². The summed E-state index contributed by atoms with van der Waals surface area (Å²) in [6.45, 7) is 2.20. The third kappa shape index (κ3) is 4.06. The van der Waals surface area contributed by atoms with E-state index in [1.807, 2.05) is 29.6 Å². The second-order valence-electron chi connectivity index (χ2n) is 4.13. The Morgan fingerprint density at radius 3 is 2.79 bits per heavy atom. The molecule has 0 spiro atoms. The number of hydrogen-bond acceptors (Lipinski definition) is 5. The summed E-state index contributed by atoms with van der Waals surface area (Å²) in [6, 6.07) is 7.73. The molecule has 1 heterocycles. The Bertz CT molecular complexity index is 549. The number of hydrogen-bond donors (Lipinski definition) is 1. The van der Waals surface area contributed by atoms with Gasteiger partial charge in [0.05, 0.1) is 23.7 Å². The summed E-state index contributed by atoms with van der Waals surface area (Å²) in [4.78, 5) is 15.8. The molecule has 4 nitrogen and oxygen atoms in total. The van der Waals surface area contributed by atoms with Crippen molar-refractivity contribution in [2.45, 2.75) is 19.8 Å². The molecule has 0 aliphatic carbocycles. The molecule has 0 aliphatic heterocycles. The number of esters is 1. The van der Waals surface area contributed by atoms with Gasteiger partial charge in [0.1, 0.15) is 0 Å². The van der Waals surface area contributed by atoms with Gasteiger partial charge in [-0.1, -0.05) is 12.1 Å². The Kier molecular flexibility index (Phi) is 4.52. The van der Waals surface area contributed by atoms with Gasteiger partial charge < -0.3 is 10.5 Å². The smallest absolute Gasteiger partial charge is 0.311 e. The normalized spacial score (nSPS) is 10.4. The van der Waals surface area contributed by atoms with Crippen LogP contribution < -0.4 is 5.73 Å². The Labute approximate surface area is 116 Å². The minimum absolute atomic E-state index is 0.230. The lowest BCUT2D eigenvalue weighted by atomic mass is 10.1. The number of rotatable bonds is 5. The van der Waals surface area contributed by atoms with Crippen molar-refractivity contribution in [1.82, 2.24) is 4.98 Å². The highest BCUT2D eigenvalue weighted by Crippen LogP contribution is 2.16. The van der Waals surface area contributed by atoms with E-state index in [1.165, 1.54) is 0 Å². The van der Waals surface area contributed by atoms with Crippen molar-refractivity contribution in [3.05, 3.63) is 45.9 Å². The molecule has 0 unspecified atom stereocenters. The van der Waals surface area contributed by atoms with Gasteiger partial charge in [0.15, 0.2) is 0 Å². The molecule has 5 heteroatoms. The summed E-state index contributed by atoms with van der Waals surface area (Å²) in [6.07, 6.45) is 1.000. The van der Waals surface area contributed by atoms with Crippen LogP contribution in [0.3, 0.4) is 0 Å². The van der Waals surface area contributed by atoms with Gasteiger partial charge in [-0.2, -0.15) is 0 Å². The number of nitrogen functional groups attached to an aromatic ring is 1. The number of aromatic nitrogens is 1. The third-order valence-corrected chi connectivity index (χ3v) is 3.46. The van der Waals surface area contributed by atoms with Crippen LogP contribution in [0.25, 0.3) is 0 Å². The Balaban J connectivity index is 1.97. The molecule has 0 radical (unpaired) electrons. The number of nitrogens with two attached hydrogens (primary N) is 1. The molecule has 0 atom stereocenters. The van der Waals surface area contributed by atoms with Crippen molar-refractivity contribution in [1.29, 1.82) is 0 Å². The van der Waals surface area contributed by atoms with E-state index >= 15 is 0 Å². The second-order valence-corrected chi connectivity index (χ2v) is 5.08. The lowest BCUT2D eigenvalue weighted by Gasteiger charge is -1.99. The summed E-state index contributed by atoms with van der Waals surface area (Å²) in [5, 5.41) is 2.90. The van der Waals surface area contributed by atoms with E-state index in [9.17, 15) is 4.79 Å². The molecule has 2 rings (SSSR count). The number of benzene rings is 1. The van der Waals surface area contributed by atoms with Crippen molar-refractivity contribution in [2.24, 2.45) is 0 Å². The zero-order valence-electron chi connectivity index (χ0n) is 10.8. The molecule has 0 saturated carbocycles. The molecule has 2 aromatic rings. The quantitative estimate of drug-likeness (QED) is 0.673. The van der Waals surface area contributed by atoms with Gasteiger partial charge in [-0.3, -0.25) is 4.79 Å². The summed E-state index contributed by atoms with van der Waals surface area (Å²) in [5.74, 6) is -0.230. The third-order valence-electron chi connectivity index (χ3n) is 2.57. The van der Waals surface area contributed by atoms with Gasteiger partial charge >= 0.3 is 5.97 Å². The first-order valence-corrected chi connectivity index (χ1v) is 6.98. The van der Waals surface area contributed by atoms with Crippen LogP contribution in [-0.4, -0.2) is 17.6 Å². The highest BCUT2D eigenvalue weighted by Gasteiger charge is 2.08. The maximum absolute atomic E-state index is 11.3. The lowest BCUT2D eigenvalue weighted by Crippen LogP contribution is -2.07. The van der Waals surface area contributed by atoms with Crippen molar-refractivity contribution >= 4 is 23.0 Å². The molecule has 2 N–H and O–H groups in total. The molecule has 1 aromatic carbocycles. The van der Waals surface area contributed by atoms with Crippen LogP contribution >= 0.6 is 11.3 Å². The Morgan fingerprint density at radius 2 is 2.11 bits per heavy atom. The van der Waals surface area contributed by atoms with Gasteiger partial charge in [-0.25, -0.2) is 4.98 Å². The predicted octanol–water partition coefficient (Wildman–Crippen LogP) is 2.42. The molecule has 1 aromatic heterocycles. The zero-order valence-corrected chi connectivity index (χ0v) is 11.6.